The molecular formula is C12H26N2. The average Bonchev–Trinajstić information content (AvgIpc) is 2.42. The molecule has 0 aromatic heterocycles. The summed E-state index contributed by atoms with van der Waals surface area (Å²) in [5.41, 5.74) is 6.13. The Balaban J connectivity index is 2.36. The largest absolute Gasteiger partial charge is 0.330 e. The molecule has 0 amide bonds. The molecule has 1 saturated heterocycles. The van der Waals surface area contributed by atoms with Gasteiger partial charge in [0, 0.05) is 12.1 Å². The molecule has 1 aliphatic rings. The van der Waals surface area contributed by atoms with Gasteiger partial charge in [0.15, 0.2) is 0 Å². The zero-order valence-electron chi connectivity index (χ0n) is 10.1. The van der Waals surface area contributed by atoms with Crippen LogP contribution in [-0.4, -0.2) is 30.1 Å². The minimum absolute atomic E-state index is 0.387. The summed E-state index contributed by atoms with van der Waals surface area (Å²) >= 11 is 0. The van der Waals surface area contributed by atoms with E-state index < -0.39 is 0 Å². The minimum atomic E-state index is 0.387. The molecule has 1 rings (SSSR count). The molecule has 2 N–H and O–H groups in total. The van der Waals surface area contributed by atoms with Crippen molar-refractivity contribution in [3.63, 3.8) is 0 Å². The first kappa shape index (κ1) is 12.0. The second-order valence-electron chi connectivity index (χ2n) is 5.27. The molecule has 2 nitrogen and oxygen atoms in total. The quantitative estimate of drug-likeness (QED) is 0.686. The molecule has 0 aliphatic carbocycles. The van der Waals surface area contributed by atoms with E-state index in [1.807, 2.05) is 0 Å². The van der Waals surface area contributed by atoms with Crippen LogP contribution in [0, 0.1) is 5.92 Å². The van der Waals surface area contributed by atoms with E-state index in [-0.39, 0.29) is 0 Å². The van der Waals surface area contributed by atoms with E-state index in [4.69, 9.17) is 5.73 Å². The fourth-order valence-electron chi connectivity index (χ4n) is 2.56. The Bertz CT molecular complexity index is 166. The second-order valence-corrected chi connectivity index (χ2v) is 5.27. The Hall–Kier alpha value is -0.0800. The molecule has 84 valence electrons. The summed E-state index contributed by atoms with van der Waals surface area (Å²) in [5.74, 6) is 0.728. The van der Waals surface area contributed by atoms with Crippen LogP contribution in [0.1, 0.15) is 46.5 Å². The highest BCUT2D eigenvalue weighted by Gasteiger charge is 2.36. The summed E-state index contributed by atoms with van der Waals surface area (Å²) in [6, 6.07) is 0. The van der Waals surface area contributed by atoms with Gasteiger partial charge in [-0.3, -0.25) is 4.90 Å². The van der Waals surface area contributed by atoms with Crippen LogP contribution >= 0.6 is 0 Å². The minimum Gasteiger partial charge on any atom is -0.330 e. The van der Waals surface area contributed by atoms with Crippen LogP contribution in [0.4, 0.5) is 0 Å². The summed E-state index contributed by atoms with van der Waals surface area (Å²) in [7, 11) is 0. The normalized spacial score (nSPS) is 27.0. The zero-order chi connectivity index (χ0) is 10.6. The molecule has 0 bridgehead atoms. The van der Waals surface area contributed by atoms with Gasteiger partial charge in [0.2, 0.25) is 0 Å². The van der Waals surface area contributed by atoms with Gasteiger partial charge in [-0.05, 0) is 45.7 Å². The molecular weight excluding hydrogens is 172 g/mol. The molecule has 1 heterocycles. The van der Waals surface area contributed by atoms with E-state index in [1.54, 1.807) is 0 Å². The van der Waals surface area contributed by atoms with Gasteiger partial charge in [-0.15, -0.1) is 0 Å². The molecule has 0 radical (unpaired) electrons. The van der Waals surface area contributed by atoms with Crippen molar-refractivity contribution in [3.8, 4) is 0 Å². The van der Waals surface area contributed by atoms with Crippen molar-refractivity contribution in [1.82, 2.24) is 4.90 Å². The third-order valence-electron chi connectivity index (χ3n) is 3.49. The van der Waals surface area contributed by atoms with Crippen molar-refractivity contribution in [1.29, 1.82) is 0 Å². The molecule has 0 spiro atoms. The van der Waals surface area contributed by atoms with Crippen molar-refractivity contribution in [2.75, 3.05) is 19.6 Å². The molecule has 1 fully saturated rings. The first-order chi connectivity index (χ1) is 6.60. The maximum Gasteiger partial charge on any atom is 0.0156 e. The van der Waals surface area contributed by atoms with Crippen LogP contribution in [0.3, 0.4) is 0 Å². The maximum atomic E-state index is 5.75. The number of nitrogens with zero attached hydrogens (tertiary/aromatic N) is 1. The summed E-state index contributed by atoms with van der Waals surface area (Å²) in [4.78, 5) is 2.63. The van der Waals surface area contributed by atoms with E-state index in [0.29, 0.717) is 5.54 Å². The molecule has 1 aliphatic heterocycles. The van der Waals surface area contributed by atoms with E-state index in [0.717, 1.165) is 12.5 Å². The van der Waals surface area contributed by atoms with Gasteiger partial charge in [0.1, 0.15) is 0 Å². The molecule has 2 heteroatoms. The molecule has 14 heavy (non-hydrogen) atoms. The fraction of sp³-hybridized carbons (Fsp3) is 1.00. The topological polar surface area (TPSA) is 29.3 Å². The number of hydrogen-bond acceptors (Lipinski definition) is 2. The Morgan fingerprint density at radius 1 is 1.36 bits per heavy atom. The summed E-state index contributed by atoms with van der Waals surface area (Å²) < 4.78 is 0. The van der Waals surface area contributed by atoms with Gasteiger partial charge in [-0.1, -0.05) is 19.8 Å². The van der Waals surface area contributed by atoms with Crippen LogP contribution in [0.5, 0.6) is 0 Å². The number of rotatable bonds is 5. The summed E-state index contributed by atoms with van der Waals surface area (Å²) in [5, 5.41) is 0. The van der Waals surface area contributed by atoms with Gasteiger partial charge < -0.3 is 5.73 Å². The molecule has 0 aromatic carbocycles. The second kappa shape index (κ2) is 5.13. The van der Waals surface area contributed by atoms with Gasteiger partial charge in [-0.25, -0.2) is 0 Å². The Morgan fingerprint density at radius 3 is 2.57 bits per heavy atom. The molecule has 1 unspecified atom stereocenters. The third-order valence-corrected chi connectivity index (χ3v) is 3.49. The Morgan fingerprint density at radius 2 is 2.07 bits per heavy atom. The first-order valence-corrected chi connectivity index (χ1v) is 6.05. The van der Waals surface area contributed by atoms with E-state index >= 15 is 0 Å². The van der Waals surface area contributed by atoms with E-state index in [1.165, 1.54) is 38.8 Å². The predicted octanol–water partition coefficient (Wildman–Crippen LogP) is 2.24. The van der Waals surface area contributed by atoms with Crippen molar-refractivity contribution in [2.24, 2.45) is 11.7 Å². The number of unbranched alkanes of at least 4 members (excludes halogenated alkanes) is 2. The van der Waals surface area contributed by atoms with Crippen LogP contribution in [0.2, 0.25) is 0 Å². The Kier molecular flexibility index (Phi) is 4.39. The molecule has 1 atom stereocenters. The van der Waals surface area contributed by atoms with Gasteiger partial charge >= 0.3 is 0 Å². The summed E-state index contributed by atoms with van der Waals surface area (Å²) in [6.07, 6.45) is 5.29. The van der Waals surface area contributed by atoms with Crippen molar-refractivity contribution >= 4 is 0 Å². The fourth-order valence-corrected chi connectivity index (χ4v) is 2.56. The number of nitrogens with two attached hydrogens (primary N) is 1. The van der Waals surface area contributed by atoms with Gasteiger partial charge in [0.25, 0.3) is 0 Å². The first-order valence-electron chi connectivity index (χ1n) is 6.05. The lowest BCUT2D eigenvalue weighted by Crippen LogP contribution is -2.38. The Labute approximate surface area is 88.8 Å². The number of hydrogen-bond donors (Lipinski definition) is 1. The van der Waals surface area contributed by atoms with Crippen molar-refractivity contribution in [2.45, 2.75) is 52.0 Å². The third kappa shape index (κ3) is 2.96. The lowest BCUT2D eigenvalue weighted by molar-refractivity contribution is 0.171. The zero-order valence-corrected chi connectivity index (χ0v) is 10.1. The van der Waals surface area contributed by atoms with Crippen LogP contribution in [0.25, 0.3) is 0 Å². The lowest BCUT2D eigenvalue weighted by atomic mass is 9.96. The van der Waals surface area contributed by atoms with E-state index in [9.17, 15) is 0 Å². The van der Waals surface area contributed by atoms with Crippen LogP contribution in [0.15, 0.2) is 0 Å². The van der Waals surface area contributed by atoms with Crippen molar-refractivity contribution in [3.05, 3.63) is 0 Å². The van der Waals surface area contributed by atoms with Gasteiger partial charge in [0.05, 0.1) is 0 Å². The predicted molar refractivity (Wildman–Crippen MR) is 62.3 cm³/mol. The lowest BCUT2D eigenvalue weighted by Gasteiger charge is -2.31. The standard InChI is InChI=1S/C12H26N2/c1-4-5-6-7-14-10-11(9-13)8-12(14,2)3/h11H,4-10,13H2,1-3H3. The van der Waals surface area contributed by atoms with Crippen LogP contribution < -0.4 is 5.73 Å². The smallest absolute Gasteiger partial charge is 0.0156 e. The maximum absolute atomic E-state index is 5.75. The van der Waals surface area contributed by atoms with Gasteiger partial charge in [-0.2, -0.15) is 0 Å². The highest BCUT2D eigenvalue weighted by Crippen LogP contribution is 2.32. The van der Waals surface area contributed by atoms with Crippen molar-refractivity contribution < 1.29 is 0 Å². The van der Waals surface area contributed by atoms with E-state index in [2.05, 4.69) is 25.7 Å². The molecule has 0 saturated carbocycles. The number of likely N-dealkylation sites (tertiary alicyclic amines) is 1. The summed E-state index contributed by atoms with van der Waals surface area (Å²) in [6.45, 7) is 10.3. The average molecular weight is 198 g/mol. The van der Waals surface area contributed by atoms with Crippen LogP contribution in [-0.2, 0) is 0 Å². The highest BCUT2D eigenvalue weighted by atomic mass is 15.2. The monoisotopic (exact) mass is 198 g/mol. The SMILES string of the molecule is CCCCCN1CC(CN)CC1(C)C. The molecule has 0 aromatic rings. The highest BCUT2D eigenvalue weighted by molar-refractivity contribution is 4.92.